The van der Waals surface area contributed by atoms with Crippen LogP contribution in [0.2, 0.25) is 0 Å². The molecule has 26 heavy (non-hydrogen) atoms. The standard InChI is InChI=1S/C20H19N3O3/c1-12-7-8-17(9-13(12)2)23-19(24)18(14(3)22-23)11-21-16-6-4-5-15(10-16)20(25)26/h4-11,22H,1-3H3,(H,25,26). The highest BCUT2D eigenvalue weighted by Crippen LogP contribution is 2.15. The van der Waals surface area contributed by atoms with Gasteiger partial charge in [0.15, 0.2) is 0 Å². The number of aromatic carboxylic acids is 1. The molecule has 0 atom stereocenters. The summed E-state index contributed by atoms with van der Waals surface area (Å²) in [6.45, 7) is 5.82. The third-order valence-electron chi connectivity index (χ3n) is 4.30. The molecule has 3 aromatic rings. The van der Waals surface area contributed by atoms with Crippen molar-refractivity contribution in [3.63, 3.8) is 0 Å². The molecule has 0 aliphatic rings. The van der Waals surface area contributed by atoms with Crippen LogP contribution in [0.3, 0.4) is 0 Å². The van der Waals surface area contributed by atoms with Gasteiger partial charge in [-0.1, -0.05) is 12.1 Å². The van der Waals surface area contributed by atoms with E-state index in [1.54, 1.807) is 19.1 Å². The van der Waals surface area contributed by atoms with Gasteiger partial charge in [-0.05, 0) is 62.2 Å². The van der Waals surface area contributed by atoms with E-state index in [2.05, 4.69) is 10.1 Å². The number of aliphatic imine (C=N–C) groups is 1. The van der Waals surface area contributed by atoms with Gasteiger partial charge in [-0.2, -0.15) is 0 Å². The second kappa shape index (κ2) is 6.84. The molecule has 1 heterocycles. The molecule has 6 nitrogen and oxygen atoms in total. The molecule has 2 aromatic carbocycles. The van der Waals surface area contributed by atoms with Gasteiger partial charge >= 0.3 is 5.97 Å². The van der Waals surface area contributed by atoms with Crippen molar-refractivity contribution in [3.8, 4) is 5.69 Å². The Bertz CT molecular complexity index is 1070. The molecule has 2 N–H and O–H groups in total. The molecule has 6 heteroatoms. The lowest BCUT2D eigenvalue weighted by Gasteiger charge is -2.05. The van der Waals surface area contributed by atoms with E-state index in [0.717, 1.165) is 16.8 Å². The molecule has 1 aromatic heterocycles. The number of rotatable bonds is 4. The Morgan fingerprint density at radius 2 is 1.88 bits per heavy atom. The lowest BCUT2D eigenvalue weighted by atomic mass is 10.1. The van der Waals surface area contributed by atoms with Gasteiger partial charge in [0.05, 0.1) is 22.5 Å². The zero-order valence-corrected chi connectivity index (χ0v) is 14.8. The Labute approximate surface area is 150 Å². The fraction of sp³-hybridized carbons (Fsp3) is 0.150. The molecule has 0 fully saturated rings. The van der Waals surface area contributed by atoms with Gasteiger partial charge < -0.3 is 5.11 Å². The smallest absolute Gasteiger partial charge is 0.335 e. The number of nitrogens with one attached hydrogen (secondary N) is 1. The van der Waals surface area contributed by atoms with Crippen LogP contribution in [0.1, 0.15) is 32.7 Å². The SMILES string of the molecule is Cc1ccc(-n2[nH]c(C)c(C=Nc3cccc(C(=O)O)c3)c2=O)cc1C. The highest BCUT2D eigenvalue weighted by Gasteiger charge is 2.11. The number of aromatic amines is 1. The van der Waals surface area contributed by atoms with Crippen molar-refractivity contribution in [2.45, 2.75) is 20.8 Å². The molecule has 0 unspecified atom stereocenters. The maximum absolute atomic E-state index is 12.7. The van der Waals surface area contributed by atoms with Crippen LogP contribution in [0.4, 0.5) is 5.69 Å². The van der Waals surface area contributed by atoms with E-state index in [0.29, 0.717) is 16.9 Å². The van der Waals surface area contributed by atoms with Gasteiger partial charge in [-0.15, -0.1) is 0 Å². The van der Waals surface area contributed by atoms with E-state index < -0.39 is 5.97 Å². The molecule has 0 aliphatic carbocycles. The third-order valence-corrected chi connectivity index (χ3v) is 4.30. The monoisotopic (exact) mass is 349 g/mol. The van der Waals surface area contributed by atoms with Crippen molar-refractivity contribution in [1.82, 2.24) is 9.78 Å². The summed E-state index contributed by atoms with van der Waals surface area (Å²) >= 11 is 0. The summed E-state index contributed by atoms with van der Waals surface area (Å²) in [4.78, 5) is 28.0. The quantitative estimate of drug-likeness (QED) is 0.706. The fourth-order valence-electron chi connectivity index (χ4n) is 2.62. The largest absolute Gasteiger partial charge is 0.478 e. The summed E-state index contributed by atoms with van der Waals surface area (Å²) < 4.78 is 1.48. The summed E-state index contributed by atoms with van der Waals surface area (Å²) in [5.41, 5.74) is 4.56. The highest BCUT2D eigenvalue weighted by molar-refractivity contribution is 5.89. The summed E-state index contributed by atoms with van der Waals surface area (Å²) in [6, 6.07) is 12.1. The summed E-state index contributed by atoms with van der Waals surface area (Å²) in [6.07, 6.45) is 1.46. The molecule has 3 rings (SSSR count). The highest BCUT2D eigenvalue weighted by atomic mass is 16.4. The number of H-pyrrole nitrogens is 1. The lowest BCUT2D eigenvalue weighted by Crippen LogP contribution is -2.17. The van der Waals surface area contributed by atoms with E-state index >= 15 is 0 Å². The van der Waals surface area contributed by atoms with Crippen molar-refractivity contribution >= 4 is 17.9 Å². The molecule has 0 saturated carbocycles. The Hall–Kier alpha value is -3.41. The number of carboxylic acids is 1. The first-order chi connectivity index (χ1) is 12.4. The van der Waals surface area contributed by atoms with Crippen molar-refractivity contribution in [2.24, 2.45) is 4.99 Å². The average molecular weight is 349 g/mol. The Kier molecular flexibility index (Phi) is 4.58. The van der Waals surface area contributed by atoms with Crippen molar-refractivity contribution in [1.29, 1.82) is 0 Å². The van der Waals surface area contributed by atoms with Crippen LogP contribution in [0.25, 0.3) is 5.69 Å². The number of benzene rings is 2. The average Bonchev–Trinajstić information content (AvgIpc) is 2.90. The second-order valence-electron chi connectivity index (χ2n) is 6.17. The number of nitrogens with zero attached hydrogens (tertiary/aromatic N) is 2. The summed E-state index contributed by atoms with van der Waals surface area (Å²) in [7, 11) is 0. The van der Waals surface area contributed by atoms with Crippen LogP contribution < -0.4 is 5.56 Å². The molecule has 132 valence electrons. The predicted octanol–water partition coefficient (Wildman–Crippen LogP) is 3.54. The maximum Gasteiger partial charge on any atom is 0.335 e. The van der Waals surface area contributed by atoms with Gasteiger partial charge in [0.1, 0.15) is 0 Å². The van der Waals surface area contributed by atoms with E-state index in [9.17, 15) is 9.59 Å². The zero-order valence-electron chi connectivity index (χ0n) is 14.8. The summed E-state index contributed by atoms with van der Waals surface area (Å²) in [5, 5.41) is 12.1. The molecule has 0 saturated heterocycles. The minimum Gasteiger partial charge on any atom is -0.478 e. The van der Waals surface area contributed by atoms with E-state index in [-0.39, 0.29) is 11.1 Å². The Balaban J connectivity index is 1.98. The van der Waals surface area contributed by atoms with Gasteiger partial charge in [0, 0.05) is 11.9 Å². The lowest BCUT2D eigenvalue weighted by molar-refractivity contribution is 0.0697. The number of hydrogen-bond acceptors (Lipinski definition) is 3. The molecule has 0 bridgehead atoms. The van der Waals surface area contributed by atoms with Crippen LogP contribution in [0.15, 0.2) is 52.3 Å². The number of carbonyl (C=O) groups is 1. The first kappa shape index (κ1) is 17.4. The molecular formula is C20H19N3O3. The topological polar surface area (TPSA) is 87.4 Å². The maximum atomic E-state index is 12.7. The molecular weight excluding hydrogens is 330 g/mol. The fourth-order valence-corrected chi connectivity index (χ4v) is 2.62. The minimum atomic E-state index is -1.02. The van der Waals surface area contributed by atoms with Gasteiger partial charge in [0.2, 0.25) is 0 Å². The Morgan fingerprint density at radius 1 is 1.12 bits per heavy atom. The molecule has 0 amide bonds. The molecule has 0 spiro atoms. The number of hydrogen-bond donors (Lipinski definition) is 2. The van der Waals surface area contributed by atoms with Crippen molar-refractivity contribution in [3.05, 3.63) is 80.8 Å². The Morgan fingerprint density at radius 3 is 2.58 bits per heavy atom. The van der Waals surface area contributed by atoms with E-state index in [1.165, 1.54) is 23.0 Å². The van der Waals surface area contributed by atoms with Crippen LogP contribution in [-0.4, -0.2) is 27.1 Å². The van der Waals surface area contributed by atoms with Crippen LogP contribution in [0, 0.1) is 20.8 Å². The number of aryl methyl sites for hydroxylation is 3. The second-order valence-corrected chi connectivity index (χ2v) is 6.17. The van der Waals surface area contributed by atoms with Gasteiger partial charge in [-0.25, -0.2) is 9.48 Å². The molecule has 0 radical (unpaired) electrons. The van der Waals surface area contributed by atoms with Gasteiger partial charge in [-0.3, -0.25) is 14.9 Å². The normalized spacial score (nSPS) is 11.2. The van der Waals surface area contributed by atoms with Crippen LogP contribution >= 0.6 is 0 Å². The molecule has 0 aliphatic heterocycles. The first-order valence-corrected chi connectivity index (χ1v) is 8.13. The van der Waals surface area contributed by atoms with E-state index in [4.69, 9.17) is 5.11 Å². The van der Waals surface area contributed by atoms with E-state index in [1.807, 2.05) is 32.0 Å². The van der Waals surface area contributed by atoms with Crippen molar-refractivity contribution in [2.75, 3.05) is 0 Å². The summed E-state index contributed by atoms with van der Waals surface area (Å²) in [5.74, 6) is -1.02. The minimum absolute atomic E-state index is 0.151. The number of carboxylic acid groups (broad SMARTS) is 1. The van der Waals surface area contributed by atoms with Gasteiger partial charge in [0.25, 0.3) is 5.56 Å². The predicted molar refractivity (Wildman–Crippen MR) is 101 cm³/mol. The third kappa shape index (κ3) is 3.35. The van der Waals surface area contributed by atoms with Crippen LogP contribution in [0.5, 0.6) is 0 Å². The van der Waals surface area contributed by atoms with Crippen molar-refractivity contribution < 1.29 is 9.90 Å². The number of aromatic nitrogens is 2. The van der Waals surface area contributed by atoms with Crippen LogP contribution in [-0.2, 0) is 0 Å². The first-order valence-electron chi connectivity index (χ1n) is 8.13. The zero-order chi connectivity index (χ0) is 18.8.